The van der Waals surface area contributed by atoms with Gasteiger partial charge in [0.05, 0.1) is 6.61 Å². The summed E-state index contributed by atoms with van der Waals surface area (Å²) in [5, 5.41) is 7.66. The maximum absolute atomic E-state index is 5.48. The first-order valence-corrected chi connectivity index (χ1v) is 6.38. The Kier molecular flexibility index (Phi) is 6.15. The number of nitrogens with zero attached hydrogens (tertiary/aromatic N) is 3. The first-order valence-electron chi connectivity index (χ1n) is 6.38. The van der Waals surface area contributed by atoms with Crippen LogP contribution in [0.1, 0.15) is 39.6 Å². The SMILES string of the molecule is CCNC(COCC)Cc1ncnn1C(C)C. The van der Waals surface area contributed by atoms with Crippen LogP contribution in [-0.4, -0.2) is 40.6 Å². The molecule has 5 nitrogen and oxygen atoms in total. The Hall–Kier alpha value is -0.940. The van der Waals surface area contributed by atoms with Gasteiger partial charge in [0.15, 0.2) is 0 Å². The fourth-order valence-electron chi connectivity index (χ4n) is 1.81. The van der Waals surface area contributed by atoms with Gasteiger partial charge in [-0.2, -0.15) is 5.10 Å². The number of hydrogen-bond donors (Lipinski definition) is 1. The van der Waals surface area contributed by atoms with Gasteiger partial charge in [-0.3, -0.25) is 0 Å². The molecule has 0 aliphatic rings. The van der Waals surface area contributed by atoms with Gasteiger partial charge in [0.1, 0.15) is 12.2 Å². The predicted octanol–water partition coefficient (Wildman–Crippen LogP) is 1.42. The predicted molar refractivity (Wildman–Crippen MR) is 68.1 cm³/mol. The molecule has 1 atom stereocenters. The van der Waals surface area contributed by atoms with E-state index in [4.69, 9.17) is 4.74 Å². The second-order valence-corrected chi connectivity index (χ2v) is 4.33. The van der Waals surface area contributed by atoms with Gasteiger partial charge in [-0.1, -0.05) is 6.92 Å². The summed E-state index contributed by atoms with van der Waals surface area (Å²) < 4.78 is 7.45. The highest BCUT2D eigenvalue weighted by Gasteiger charge is 2.14. The number of aromatic nitrogens is 3. The number of hydrogen-bond acceptors (Lipinski definition) is 4. The summed E-state index contributed by atoms with van der Waals surface area (Å²) in [6.45, 7) is 10.7. The van der Waals surface area contributed by atoms with Gasteiger partial charge in [-0.25, -0.2) is 9.67 Å². The fraction of sp³-hybridized carbons (Fsp3) is 0.833. The largest absolute Gasteiger partial charge is 0.380 e. The van der Waals surface area contributed by atoms with Gasteiger partial charge in [0.25, 0.3) is 0 Å². The van der Waals surface area contributed by atoms with E-state index in [1.165, 1.54) is 0 Å². The number of rotatable bonds is 8. The molecule has 0 aliphatic heterocycles. The molecule has 0 radical (unpaired) electrons. The molecule has 17 heavy (non-hydrogen) atoms. The molecule has 1 rings (SSSR count). The summed E-state index contributed by atoms with van der Waals surface area (Å²) >= 11 is 0. The molecule has 0 saturated heterocycles. The van der Waals surface area contributed by atoms with Crippen LogP contribution in [0.25, 0.3) is 0 Å². The average molecular weight is 240 g/mol. The Morgan fingerprint density at radius 2 is 2.18 bits per heavy atom. The summed E-state index contributed by atoms with van der Waals surface area (Å²) in [7, 11) is 0. The third kappa shape index (κ3) is 4.44. The highest BCUT2D eigenvalue weighted by Crippen LogP contribution is 2.07. The fourth-order valence-corrected chi connectivity index (χ4v) is 1.81. The zero-order valence-corrected chi connectivity index (χ0v) is 11.3. The molecule has 1 unspecified atom stereocenters. The first-order chi connectivity index (χ1) is 8.19. The van der Waals surface area contributed by atoms with E-state index >= 15 is 0 Å². The highest BCUT2D eigenvalue weighted by atomic mass is 16.5. The number of ether oxygens (including phenoxy) is 1. The molecular weight excluding hydrogens is 216 g/mol. The van der Waals surface area contributed by atoms with Crippen LogP contribution in [0.15, 0.2) is 6.33 Å². The molecule has 1 aromatic rings. The highest BCUT2D eigenvalue weighted by molar-refractivity contribution is 4.91. The van der Waals surface area contributed by atoms with Gasteiger partial charge in [-0.15, -0.1) is 0 Å². The topological polar surface area (TPSA) is 52.0 Å². The van der Waals surface area contributed by atoms with Crippen molar-refractivity contribution < 1.29 is 4.74 Å². The molecule has 1 heterocycles. The lowest BCUT2D eigenvalue weighted by Crippen LogP contribution is -2.36. The standard InChI is InChI=1S/C12H24N4O/c1-5-13-11(8-17-6-2)7-12-14-9-15-16(12)10(3)4/h9-11,13H,5-8H2,1-4H3. The molecule has 0 bridgehead atoms. The first kappa shape index (κ1) is 14.1. The normalized spacial score (nSPS) is 13.2. The minimum absolute atomic E-state index is 0.307. The van der Waals surface area contributed by atoms with E-state index in [0.29, 0.717) is 12.1 Å². The van der Waals surface area contributed by atoms with Crippen LogP contribution in [0.4, 0.5) is 0 Å². The lowest BCUT2D eigenvalue weighted by atomic mass is 10.2. The van der Waals surface area contributed by atoms with E-state index in [1.807, 2.05) is 11.6 Å². The number of likely N-dealkylation sites (N-methyl/N-ethyl adjacent to an activating group) is 1. The minimum Gasteiger partial charge on any atom is -0.380 e. The Bertz CT molecular complexity index is 311. The van der Waals surface area contributed by atoms with E-state index in [1.54, 1.807) is 6.33 Å². The second kappa shape index (κ2) is 7.40. The maximum atomic E-state index is 5.48. The van der Waals surface area contributed by atoms with Crippen molar-refractivity contribution in [1.29, 1.82) is 0 Å². The Morgan fingerprint density at radius 1 is 1.41 bits per heavy atom. The zero-order chi connectivity index (χ0) is 12.7. The summed E-state index contributed by atoms with van der Waals surface area (Å²) in [6, 6.07) is 0.656. The summed E-state index contributed by atoms with van der Waals surface area (Å²) in [5.74, 6) is 1.02. The van der Waals surface area contributed by atoms with Crippen LogP contribution >= 0.6 is 0 Å². The molecule has 0 fully saturated rings. The van der Waals surface area contributed by atoms with Crippen LogP contribution in [0, 0.1) is 0 Å². The molecule has 0 spiro atoms. The summed E-state index contributed by atoms with van der Waals surface area (Å²) in [5.41, 5.74) is 0. The van der Waals surface area contributed by atoms with E-state index in [9.17, 15) is 0 Å². The van der Waals surface area contributed by atoms with Crippen molar-refractivity contribution in [1.82, 2.24) is 20.1 Å². The van der Waals surface area contributed by atoms with Crippen molar-refractivity contribution >= 4 is 0 Å². The third-order valence-corrected chi connectivity index (χ3v) is 2.58. The zero-order valence-electron chi connectivity index (χ0n) is 11.3. The van der Waals surface area contributed by atoms with Crippen molar-refractivity contribution in [3.05, 3.63) is 12.2 Å². The quantitative estimate of drug-likeness (QED) is 0.746. The van der Waals surface area contributed by atoms with Crippen LogP contribution in [0.3, 0.4) is 0 Å². The lowest BCUT2D eigenvalue weighted by molar-refractivity contribution is 0.122. The van der Waals surface area contributed by atoms with Crippen LogP contribution in [0.5, 0.6) is 0 Å². The van der Waals surface area contributed by atoms with Crippen molar-refractivity contribution in [3.8, 4) is 0 Å². The summed E-state index contributed by atoms with van der Waals surface area (Å²) in [6.07, 6.45) is 2.48. The van der Waals surface area contributed by atoms with Crippen molar-refractivity contribution in [2.75, 3.05) is 19.8 Å². The molecule has 0 aliphatic carbocycles. The molecule has 98 valence electrons. The van der Waals surface area contributed by atoms with Crippen LogP contribution < -0.4 is 5.32 Å². The van der Waals surface area contributed by atoms with E-state index < -0.39 is 0 Å². The van der Waals surface area contributed by atoms with E-state index in [0.717, 1.165) is 32.0 Å². The lowest BCUT2D eigenvalue weighted by Gasteiger charge is -2.18. The van der Waals surface area contributed by atoms with Gasteiger partial charge in [0.2, 0.25) is 0 Å². The van der Waals surface area contributed by atoms with Crippen molar-refractivity contribution in [3.63, 3.8) is 0 Å². The molecule has 5 heteroatoms. The van der Waals surface area contributed by atoms with Crippen molar-refractivity contribution in [2.24, 2.45) is 0 Å². The third-order valence-electron chi connectivity index (χ3n) is 2.58. The second-order valence-electron chi connectivity index (χ2n) is 4.33. The maximum Gasteiger partial charge on any atom is 0.138 e. The van der Waals surface area contributed by atoms with Crippen LogP contribution in [0.2, 0.25) is 0 Å². The molecule has 0 saturated carbocycles. The average Bonchev–Trinajstić information content (AvgIpc) is 2.74. The van der Waals surface area contributed by atoms with E-state index in [-0.39, 0.29) is 0 Å². The monoisotopic (exact) mass is 240 g/mol. The molecular formula is C12H24N4O. The Labute approximate surface area is 104 Å². The Balaban J connectivity index is 2.61. The minimum atomic E-state index is 0.307. The van der Waals surface area contributed by atoms with Gasteiger partial charge < -0.3 is 10.1 Å². The molecule has 1 aromatic heterocycles. The van der Waals surface area contributed by atoms with Gasteiger partial charge in [-0.05, 0) is 27.3 Å². The number of nitrogens with one attached hydrogen (secondary N) is 1. The molecule has 0 amide bonds. The summed E-state index contributed by atoms with van der Waals surface area (Å²) in [4.78, 5) is 4.32. The Morgan fingerprint density at radius 3 is 2.76 bits per heavy atom. The van der Waals surface area contributed by atoms with Crippen molar-refractivity contribution in [2.45, 2.75) is 46.2 Å². The van der Waals surface area contributed by atoms with Gasteiger partial charge >= 0.3 is 0 Å². The molecule has 0 aromatic carbocycles. The van der Waals surface area contributed by atoms with E-state index in [2.05, 4.69) is 36.2 Å². The molecule has 1 N–H and O–H groups in total. The van der Waals surface area contributed by atoms with Crippen LogP contribution in [-0.2, 0) is 11.2 Å². The smallest absolute Gasteiger partial charge is 0.138 e. The van der Waals surface area contributed by atoms with Gasteiger partial charge in [0, 0.05) is 25.1 Å².